The van der Waals surface area contributed by atoms with Crippen LogP contribution in [0.3, 0.4) is 0 Å². The van der Waals surface area contributed by atoms with Gasteiger partial charge in [0.25, 0.3) is 0 Å². The van der Waals surface area contributed by atoms with E-state index in [0.29, 0.717) is 11.1 Å². The molecule has 0 aromatic heterocycles. The number of carbonyl (C=O) groups excluding carboxylic acids is 1. The number of benzene rings is 2. The lowest BCUT2D eigenvalue weighted by Gasteiger charge is -2.42. The minimum atomic E-state index is -1.28. The van der Waals surface area contributed by atoms with E-state index in [1.165, 1.54) is 0 Å². The number of carbonyl (C=O) groups is 2. The Morgan fingerprint density at radius 3 is 2.08 bits per heavy atom. The molecule has 1 aliphatic heterocycles. The highest BCUT2D eigenvalue weighted by molar-refractivity contribution is 6.05. The van der Waals surface area contributed by atoms with Crippen molar-refractivity contribution in [1.82, 2.24) is 10.6 Å². The molecule has 1 unspecified atom stereocenters. The predicted octanol–water partition coefficient (Wildman–Crippen LogP) is 3.03. The number of hydrogen-bond acceptors (Lipinski definition) is 3. The summed E-state index contributed by atoms with van der Waals surface area (Å²) < 4.78 is 0. The van der Waals surface area contributed by atoms with Gasteiger partial charge >= 0.3 is 6.09 Å². The van der Waals surface area contributed by atoms with E-state index >= 15 is 0 Å². The molecule has 1 fully saturated rings. The highest BCUT2D eigenvalue weighted by Crippen LogP contribution is 2.38. The molecule has 1 aliphatic rings. The van der Waals surface area contributed by atoms with Crippen LogP contribution < -0.4 is 10.6 Å². The molecule has 0 bridgehead atoms. The number of Topliss-reactive ketones (excluding diaryl/α,β-unsaturated/α-hetero) is 1. The van der Waals surface area contributed by atoms with Crippen molar-refractivity contribution in [3.63, 3.8) is 0 Å². The first-order chi connectivity index (χ1) is 12.1. The second kappa shape index (κ2) is 7.49. The molecule has 0 aliphatic carbocycles. The molecular weight excluding hydrogens is 316 g/mol. The summed E-state index contributed by atoms with van der Waals surface area (Å²) in [5.74, 6) is -0.312. The number of piperidine rings is 1. The highest BCUT2D eigenvalue weighted by atomic mass is 16.4. The molecule has 2 aromatic rings. The molecule has 3 rings (SSSR count). The van der Waals surface area contributed by atoms with Gasteiger partial charge < -0.3 is 15.7 Å². The number of amides is 1. The summed E-state index contributed by atoms with van der Waals surface area (Å²) in [5, 5.41) is 15.5. The van der Waals surface area contributed by atoms with E-state index in [4.69, 9.17) is 0 Å². The average Bonchev–Trinajstić information content (AvgIpc) is 2.67. The van der Waals surface area contributed by atoms with Crippen molar-refractivity contribution >= 4 is 11.9 Å². The summed E-state index contributed by atoms with van der Waals surface area (Å²) >= 11 is 0. The van der Waals surface area contributed by atoms with Crippen LogP contribution >= 0.6 is 0 Å². The standard InChI is InChI=1S/C20H22N2O3/c23-18(15-7-3-1-4-8-15)20(22-19(24)25,16-9-5-2-6-10-16)17-11-13-21-14-12-17/h1-10,17,21-22H,11-14H2,(H,24,25). The van der Waals surface area contributed by atoms with Gasteiger partial charge in [-0.05, 0) is 37.4 Å². The quantitative estimate of drug-likeness (QED) is 0.732. The average molecular weight is 338 g/mol. The third kappa shape index (κ3) is 3.42. The third-order valence-electron chi connectivity index (χ3n) is 4.88. The molecular formula is C20H22N2O3. The molecule has 5 heteroatoms. The number of hydrogen-bond donors (Lipinski definition) is 3. The molecule has 25 heavy (non-hydrogen) atoms. The van der Waals surface area contributed by atoms with Crippen molar-refractivity contribution in [1.29, 1.82) is 0 Å². The molecule has 3 N–H and O–H groups in total. The summed E-state index contributed by atoms with van der Waals surface area (Å²) in [4.78, 5) is 25.2. The lowest BCUT2D eigenvalue weighted by atomic mass is 9.69. The van der Waals surface area contributed by atoms with Gasteiger partial charge in [0.1, 0.15) is 5.54 Å². The van der Waals surface area contributed by atoms with Gasteiger partial charge in [0.15, 0.2) is 5.78 Å². The van der Waals surface area contributed by atoms with Crippen LogP contribution in [-0.2, 0) is 5.54 Å². The fraction of sp³-hybridized carbons (Fsp3) is 0.300. The minimum absolute atomic E-state index is 0.111. The normalized spacial score (nSPS) is 17.4. The van der Waals surface area contributed by atoms with Gasteiger partial charge in [0, 0.05) is 5.56 Å². The van der Waals surface area contributed by atoms with Crippen molar-refractivity contribution in [2.45, 2.75) is 18.4 Å². The van der Waals surface area contributed by atoms with Gasteiger partial charge in [0.05, 0.1) is 0 Å². The van der Waals surface area contributed by atoms with Crippen LogP contribution in [0.25, 0.3) is 0 Å². The maximum atomic E-state index is 13.6. The summed E-state index contributed by atoms with van der Waals surface area (Å²) in [6.07, 6.45) is 0.272. The molecule has 1 atom stereocenters. The molecule has 1 amide bonds. The van der Waals surface area contributed by atoms with Crippen LogP contribution in [0, 0.1) is 5.92 Å². The largest absolute Gasteiger partial charge is 0.465 e. The van der Waals surface area contributed by atoms with E-state index in [-0.39, 0.29) is 11.7 Å². The number of ketones is 1. The first-order valence-electron chi connectivity index (χ1n) is 8.52. The molecule has 0 saturated carbocycles. The fourth-order valence-electron chi connectivity index (χ4n) is 3.73. The van der Waals surface area contributed by atoms with Crippen LogP contribution in [0.5, 0.6) is 0 Å². The maximum absolute atomic E-state index is 13.6. The Morgan fingerprint density at radius 2 is 1.52 bits per heavy atom. The van der Waals surface area contributed by atoms with Crippen LogP contribution in [0.4, 0.5) is 4.79 Å². The molecule has 0 radical (unpaired) electrons. The lowest BCUT2D eigenvalue weighted by molar-refractivity contribution is 0.0706. The first-order valence-corrected chi connectivity index (χ1v) is 8.52. The highest BCUT2D eigenvalue weighted by Gasteiger charge is 2.48. The Hall–Kier alpha value is -2.66. The van der Waals surface area contributed by atoms with E-state index in [0.717, 1.165) is 25.9 Å². The van der Waals surface area contributed by atoms with Gasteiger partial charge in [-0.15, -0.1) is 0 Å². The second-order valence-corrected chi connectivity index (χ2v) is 6.32. The van der Waals surface area contributed by atoms with Crippen molar-refractivity contribution in [2.75, 3.05) is 13.1 Å². The van der Waals surface area contributed by atoms with Gasteiger partial charge in [-0.1, -0.05) is 60.7 Å². The second-order valence-electron chi connectivity index (χ2n) is 6.32. The van der Waals surface area contributed by atoms with Gasteiger partial charge in [-0.3, -0.25) is 4.79 Å². The van der Waals surface area contributed by atoms with Crippen LogP contribution in [-0.4, -0.2) is 30.1 Å². The van der Waals surface area contributed by atoms with E-state index in [1.54, 1.807) is 24.3 Å². The molecule has 5 nitrogen and oxygen atoms in total. The Morgan fingerprint density at radius 1 is 0.960 bits per heavy atom. The minimum Gasteiger partial charge on any atom is -0.465 e. The van der Waals surface area contributed by atoms with E-state index in [2.05, 4.69) is 10.6 Å². The van der Waals surface area contributed by atoms with Gasteiger partial charge in [-0.25, -0.2) is 4.79 Å². The third-order valence-corrected chi connectivity index (χ3v) is 4.88. The Bertz CT molecular complexity index is 727. The van der Waals surface area contributed by atoms with Gasteiger partial charge in [-0.2, -0.15) is 0 Å². The topological polar surface area (TPSA) is 78.4 Å². The zero-order chi connectivity index (χ0) is 17.7. The Labute approximate surface area is 147 Å². The zero-order valence-electron chi connectivity index (χ0n) is 13.9. The zero-order valence-corrected chi connectivity index (χ0v) is 13.9. The van der Waals surface area contributed by atoms with E-state index in [1.807, 2.05) is 36.4 Å². The monoisotopic (exact) mass is 338 g/mol. The van der Waals surface area contributed by atoms with Crippen molar-refractivity contribution < 1.29 is 14.7 Å². The smallest absolute Gasteiger partial charge is 0.405 e. The predicted molar refractivity (Wildman–Crippen MR) is 95.6 cm³/mol. The number of rotatable bonds is 5. The fourth-order valence-corrected chi connectivity index (χ4v) is 3.73. The molecule has 1 saturated heterocycles. The molecule has 130 valence electrons. The van der Waals surface area contributed by atoms with E-state index in [9.17, 15) is 14.7 Å². The van der Waals surface area contributed by atoms with E-state index < -0.39 is 11.6 Å². The van der Waals surface area contributed by atoms with Crippen LogP contribution in [0.15, 0.2) is 60.7 Å². The maximum Gasteiger partial charge on any atom is 0.405 e. The molecule has 1 heterocycles. The Balaban J connectivity index is 2.16. The number of carboxylic acid groups (broad SMARTS) is 1. The van der Waals surface area contributed by atoms with Gasteiger partial charge in [0.2, 0.25) is 0 Å². The number of nitrogens with one attached hydrogen (secondary N) is 2. The molecule has 2 aromatic carbocycles. The summed E-state index contributed by atoms with van der Waals surface area (Å²) in [6, 6.07) is 18.1. The summed E-state index contributed by atoms with van der Waals surface area (Å²) in [6.45, 7) is 1.53. The SMILES string of the molecule is O=C(O)NC(C(=O)c1ccccc1)(c1ccccc1)C1CCNCC1. The Kier molecular flexibility index (Phi) is 5.14. The van der Waals surface area contributed by atoms with Crippen molar-refractivity contribution in [2.24, 2.45) is 5.92 Å². The van der Waals surface area contributed by atoms with Crippen molar-refractivity contribution in [3.8, 4) is 0 Å². The lowest BCUT2D eigenvalue weighted by Crippen LogP contribution is -2.58. The van der Waals surface area contributed by atoms with Crippen molar-refractivity contribution in [3.05, 3.63) is 71.8 Å². The summed E-state index contributed by atoms with van der Waals surface area (Å²) in [5.41, 5.74) is -0.0758. The summed E-state index contributed by atoms with van der Waals surface area (Å²) in [7, 11) is 0. The van der Waals surface area contributed by atoms with Crippen LogP contribution in [0.1, 0.15) is 28.8 Å². The first kappa shape index (κ1) is 17.2. The van der Waals surface area contributed by atoms with Crippen LogP contribution in [0.2, 0.25) is 0 Å². The molecule has 0 spiro atoms.